The Morgan fingerprint density at radius 3 is 2.65 bits per heavy atom. The maximum absolute atomic E-state index is 12.8. The predicted octanol–water partition coefficient (Wildman–Crippen LogP) is 4.35. The van der Waals surface area contributed by atoms with Crippen LogP contribution >= 0.6 is 0 Å². The summed E-state index contributed by atoms with van der Waals surface area (Å²) in [6.45, 7) is 0.128. The highest BCUT2D eigenvalue weighted by Gasteiger charge is 2.32. The average Bonchev–Trinajstić information content (AvgIpc) is 3.23. The molecule has 0 spiro atoms. The van der Waals surface area contributed by atoms with Crippen LogP contribution in [0.1, 0.15) is 29.1 Å². The molecule has 134 valence electrons. The second-order valence-electron chi connectivity index (χ2n) is 6.14. The first kappa shape index (κ1) is 16.6. The number of halogens is 3. The molecule has 0 saturated carbocycles. The van der Waals surface area contributed by atoms with Crippen LogP contribution in [0.5, 0.6) is 5.75 Å². The van der Waals surface area contributed by atoms with Gasteiger partial charge >= 0.3 is 6.18 Å². The molecular formula is C19H16F3N3O. The summed E-state index contributed by atoms with van der Waals surface area (Å²) in [6.07, 6.45) is -0.503. The van der Waals surface area contributed by atoms with E-state index in [1.807, 2.05) is 35.0 Å². The van der Waals surface area contributed by atoms with Crippen molar-refractivity contribution < 1.29 is 17.9 Å². The molecule has 0 bridgehead atoms. The number of rotatable bonds is 4. The van der Waals surface area contributed by atoms with Crippen molar-refractivity contribution in [3.8, 4) is 11.4 Å². The first-order valence-electron chi connectivity index (χ1n) is 8.33. The van der Waals surface area contributed by atoms with Gasteiger partial charge < -0.3 is 4.74 Å². The fourth-order valence-corrected chi connectivity index (χ4v) is 3.22. The molecule has 0 unspecified atom stereocenters. The number of benzene rings is 1. The third-order valence-corrected chi connectivity index (χ3v) is 4.41. The molecule has 2 aromatic heterocycles. The van der Waals surface area contributed by atoms with Crippen molar-refractivity contribution in [2.45, 2.75) is 32.0 Å². The number of ether oxygens (including phenoxy) is 1. The summed E-state index contributed by atoms with van der Waals surface area (Å²) in [5, 5.41) is 4.64. The lowest BCUT2D eigenvalue weighted by Gasteiger charge is -2.09. The Hall–Kier alpha value is -2.83. The molecule has 26 heavy (non-hydrogen) atoms. The van der Waals surface area contributed by atoms with E-state index in [1.165, 1.54) is 6.07 Å². The molecule has 4 rings (SSSR count). The van der Waals surface area contributed by atoms with E-state index in [0.29, 0.717) is 0 Å². The first-order valence-corrected chi connectivity index (χ1v) is 8.33. The monoisotopic (exact) mass is 359 g/mol. The molecule has 2 heterocycles. The van der Waals surface area contributed by atoms with Crippen LogP contribution in [0, 0.1) is 0 Å². The molecule has 3 aromatic rings. The summed E-state index contributed by atoms with van der Waals surface area (Å²) in [5.41, 5.74) is 3.07. The molecule has 0 atom stereocenters. The van der Waals surface area contributed by atoms with Crippen molar-refractivity contribution in [2.24, 2.45) is 0 Å². The zero-order valence-corrected chi connectivity index (χ0v) is 13.8. The van der Waals surface area contributed by atoms with E-state index in [-0.39, 0.29) is 12.4 Å². The fourth-order valence-electron chi connectivity index (χ4n) is 3.22. The van der Waals surface area contributed by atoms with Gasteiger partial charge in [-0.15, -0.1) is 0 Å². The number of para-hydroxylation sites is 1. The van der Waals surface area contributed by atoms with Crippen molar-refractivity contribution >= 4 is 0 Å². The molecule has 1 aromatic carbocycles. The molecule has 0 amide bonds. The van der Waals surface area contributed by atoms with E-state index < -0.39 is 11.9 Å². The Morgan fingerprint density at radius 1 is 1.08 bits per heavy atom. The number of nitrogens with zero attached hydrogens (tertiary/aromatic N) is 3. The lowest BCUT2D eigenvalue weighted by Crippen LogP contribution is -2.08. The van der Waals surface area contributed by atoms with Crippen LogP contribution in [0.25, 0.3) is 5.69 Å². The lowest BCUT2D eigenvalue weighted by molar-refractivity contribution is -0.141. The number of alkyl halides is 3. The molecule has 7 heteroatoms. The molecule has 1 aliphatic rings. The van der Waals surface area contributed by atoms with Gasteiger partial charge in [-0.05, 0) is 37.5 Å². The predicted molar refractivity (Wildman–Crippen MR) is 89.2 cm³/mol. The second kappa shape index (κ2) is 6.48. The lowest BCUT2D eigenvalue weighted by atomic mass is 10.2. The minimum atomic E-state index is -4.49. The van der Waals surface area contributed by atoms with Gasteiger partial charge in [0.05, 0.1) is 5.69 Å². The Morgan fingerprint density at radius 2 is 1.88 bits per heavy atom. The standard InChI is InChI=1S/C19H16F3N3O/c20-19(21,22)18-11-14(9-10-23-18)26-12-16-15-7-4-8-17(15)25(24-16)13-5-2-1-3-6-13/h1-3,5-6,9-11H,4,7-8,12H2. The molecule has 0 aliphatic heterocycles. The van der Waals surface area contributed by atoms with Gasteiger partial charge in [0.2, 0.25) is 0 Å². The highest BCUT2D eigenvalue weighted by molar-refractivity contribution is 5.40. The number of fused-ring (bicyclic) bond motifs is 1. The zero-order chi connectivity index (χ0) is 18.1. The van der Waals surface area contributed by atoms with Crippen LogP contribution < -0.4 is 4.74 Å². The van der Waals surface area contributed by atoms with Gasteiger partial charge in [-0.25, -0.2) is 4.68 Å². The van der Waals surface area contributed by atoms with Crippen LogP contribution in [-0.2, 0) is 25.6 Å². The molecule has 1 aliphatic carbocycles. The van der Waals surface area contributed by atoms with Crippen LogP contribution in [0.4, 0.5) is 13.2 Å². The van der Waals surface area contributed by atoms with Gasteiger partial charge in [0.1, 0.15) is 23.7 Å². The normalized spacial score (nSPS) is 13.7. The average molecular weight is 359 g/mol. The molecule has 4 nitrogen and oxygen atoms in total. The van der Waals surface area contributed by atoms with E-state index in [1.54, 1.807) is 0 Å². The number of aromatic nitrogens is 3. The van der Waals surface area contributed by atoms with Crippen molar-refractivity contribution in [3.05, 3.63) is 71.3 Å². The van der Waals surface area contributed by atoms with Crippen molar-refractivity contribution in [1.82, 2.24) is 14.8 Å². The fraction of sp³-hybridized carbons (Fsp3) is 0.263. The molecular weight excluding hydrogens is 343 g/mol. The summed E-state index contributed by atoms with van der Waals surface area (Å²) < 4.78 is 45.8. The van der Waals surface area contributed by atoms with E-state index in [0.717, 1.165) is 54.2 Å². The molecule has 0 N–H and O–H groups in total. The van der Waals surface area contributed by atoms with Crippen LogP contribution in [-0.4, -0.2) is 14.8 Å². The Balaban J connectivity index is 1.58. The summed E-state index contributed by atoms with van der Waals surface area (Å²) in [6, 6.07) is 12.1. The number of hydrogen-bond donors (Lipinski definition) is 0. The summed E-state index contributed by atoms with van der Waals surface area (Å²) in [4.78, 5) is 3.34. The third kappa shape index (κ3) is 3.16. The van der Waals surface area contributed by atoms with Crippen LogP contribution in [0.3, 0.4) is 0 Å². The smallest absolute Gasteiger partial charge is 0.433 e. The Kier molecular flexibility index (Phi) is 4.14. The maximum atomic E-state index is 12.8. The van der Waals surface area contributed by atoms with E-state index in [9.17, 15) is 13.2 Å². The topological polar surface area (TPSA) is 39.9 Å². The van der Waals surface area contributed by atoms with Gasteiger partial charge in [-0.1, -0.05) is 18.2 Å². The summed E-state index contributed by atoms with van der Waals surface area (Å²) in [5.74, 6) is 0.133. The molecule has 0 fully saturated rings. The first-order chi connectivity index (χ1) is 12.5. The highest BCUT2D eigenvalue weighted by atomic mass is 19.4. The third-order valence-electron chi connectivity index (χ3n) is 4.41. The number of hydrogen-bond acceptors (Lipinski definition) is 3. The summed E-state index contributed by atoms with van der Waals surface area (Å²) in [7, 11) is 0. The Bertz CT molecular complexity index is 920. The van der Waals surface area contributed by atoms with Gasteiger partial charge in [-0.2, -0.15) is 18.3 Å². The largest absolute Gasteiger partial charge is 0.487 e. The van der Waals surface area contributed by atoms with Gasteiger partial charge in [0.15, 0.2) is 0 Å². The van der Waals surface area contributed by atoms with Crippen LogP contribution in [0.15, 0.2) is 48.7 Å². The Labute approximate surface area is 148 Å². The van der Waals surface area contributed by atoms with E-state index in [4.69, 9.17) is 4.74 Å². The van der Waals surface area contributed by atoms with E-state index >= 15 is 0 Å². The van der Waals surface area contributed by atoms with Gasteiger partial charge in [0, 0.05) is 23.5 Å². The van der Waals surface area contributed by atoms with E-state index in [2.05, 4.69) is 10.1 Å². The maximum Gasteiger partial charge on any atom is 0.433 e. The molecule has 0 radical (unpaired) electrons. The number of pyridine rings is 1. The van der Waals surface area contributed by atoms with Crippen molar-refractivity contribution in [1.29, 1.82) is 0 Å². The van der Waals surface area contributed by atoms with Crippen molar-refractivity contribution in [3.63, 3.8) is 0 Å². The van der Waals surface area contributed by atoms with Crippen molar-refractivity contribution in [2.75, 3.05) is 0 Å². The SMILES string of the molecule is FC(F)(F)c1cc(OCc2nn(-c3ccccc3)c3c2CCC3)ccn1. The minimum Gasteiger partial charge on any atom is -0.487 e. The minimum absolute atomic E-state index is 0.128. The highest BCUT2D eigenvalue weighted by Crippen LogP contribution is 2.31. The van der Waals surface area contributed by atoms with Crippen LogP contribution in [0.2, 0.25) is 0 Å². The zero-order valence-electron chi connectivity index (χ0n) is 13.8. The van der Waals surface area contributed by atoms with Gasteiger partial charge in [-0.3, -0.25) is 4.98 Å². The quantitative estimate of drug-likeness (QED) is 0.695. The molecule has 0 saturated heterocycles. The van der Waals surface area contributed by atoms with Gasteiger partial charge in [0.25, 0.3) is 0 Å². The second-order valence-corrected chi connectivity index (χ2v) is 6.14. The summed E-state index contributed by atoms with van der Waals surface area (Å²) >= 11 is 0.